The number of carbonyl (C=O) groups is 3. The third kappa shape index (κ3) is 3.74. The number of carbonyl (C=O) groups excluding carboxylic acids is 3. The molecule has 1 aliphatic rings. The summed E-state index contributed by atoms with van der Waals surface area (Å²) in [6.07, 6.45) is 0. The smallest absolute Gasteiger partial charge is 0.319 e. The van der Waals surface area contributed by atoms with E-state index in [0.717, 1.165) is 5.56 Å². The minimum absolute atomic E-state index is 0.193. The number of anilines is 1. The zero-order chi connectivity index (χ0) is 18.7. The number of imide groups is 1. The SMILES string of the molecule is CC(C)CN1C(=O)c2ccc(NC(=O)NCc3ccccc3)cc2C1=O. The average molecular weight is 351 g/mol. The van der Waals surface area contributed by atoms with Gasteiger partial charge < -0.3 is 10.6 Å². The van der Waals surface area contributed by atoms with E-state index in [1.54, 1.807) is 18.2 Å². The van der Waals surface area contributed by atoms with Crippen LogP contribution in [0.15, 0.2) is 48.5 Å². The minimum atomic E-state index is -0.371. The van der Waals surface area contributed by atoms with Gasteiger partial charge in [0.05, 0.1) is 11.1 Å². The first-order valence-corrected chi connectivity index (χ1v) is 8.54. The van der Waals surface area contributed by atoms with Crippen LogP contribution in [-0.2, 0) is 6.54 Å². The number of hydrogen-bond acceptors (Lipinski definition) is 3. The van der Waals surface area contributed by atoms with Crippen molar-refractivity contribution in [3.63, 3.8) is 0 Å². The van der Waals surface area contributed by atoms with Gasteiger partial charge in [0.15, 0.2) is 0 Å². The summed E-state index contributed by atoms with van der Waals surface area (Å²) in [7, 11) is 0. The molecular formula is C20H21N3O3. The largest absolute Gasteiger partial charge is 0.334 e. The predicted octanol–water partition coefficient (Wildman–Crippen LogP) is 3.26. The normalized spacial score (nSPS) is 13.1. The Morgan fingerprint density at radius 2 is 1.69 bits per heavy atom. The number of fused-ring (bicyclic) bond motifs is 1. The molecule has 0 saturated carbocycles. The van der Waals surface area contributed by atoms with Crippen LogP contribution in [0.5, 0.6) is 0 Å². The van der Waals surface area contributed by atoms with Crippen molar-refractivity contribution < 1.29 is 14.4 Å². The Kier molecular flexibility index (Phi) is 5.02. The van der Waals surface area contributed by atoms with Crippen molar-refractivity contribution in [2.45, 2.75) is 20.4 Å². The zero-order valence-electron chi connectivity index (χ0n) is 14.8. The summed E-state index contributed by atoms with van der Waals surface area (Å²) in [6, 6.07) is 14.0. The molecule has 6 nitrogen and oxygen atoms in total. The first-order chi connectivity index (χ1) is 12.5. The van der Waals surface area contributed by atoms with Gasteiger partial charge in [0.2, 0.25) is 0 Å². The Morgan fingerprint density at radius 1 is 1.00 bits per heavy atom. The summed E-state index contributed by atoms with van der Waals surface area (Å²) >= 11 is 0. The van der Waals surface area contributed by atoms with E-state index < -0.39 is 0 Å². The van der Waals surface area contributed by atoms with E-state index in [9.17, 15) is 14.4 Å². The number of urea groups is 1. The summed E-state index contributed by atoms with van der Waals surface area (Å²) in [5.41, 5.74) is 2.17. The molecular weight excluding hydrogens is 330 g/mol. The lowest BCUT2D eigenvalue weighted by molar-refractivity contribution is 0.0636. The van der Waals surface area contributed by atoms with E-state index in [1.165, 1.54) is 4.90 Å². The van der Waals surface area contributed by atoms with Gasteiger partial charge in [-0.05, 0) is 29.7 Å². The van der Waals surface area contributed by atoms with Gasteiger partial charge in [0.25, 0.3) is 11.8 Å². The molecule has 0 saturated heterocycles. The highest BCUT2D eigenvalue weighted by Crippen LogP contribution is 2.26. The molecule has 0 aliphatic carbocycles. The maximum absolute atomic E-state index is 12.5. The van der Waals surface area contributed by atoms with Crippen molar-refractivity contribution in [2.75, 3.05) is 11.9 Å². The summed E-state index contributed by atoms with van der Waals surface area (Å²) in [5.74, 6) is -0.399. The third-order valence-corrected chi connectivity index (χ3v) is 4.07. The summed E-state index contributed by atoms with van der Waals surface area (Å²) in [5, 5.41) is 5.46. The predicted molar refractivity (Wildman–Crippen MR) is 98.9 cm³/mol. The number of nitrogens with zero attached hydrogens (tertiary/aromatic N) is 1. The molecule has 4 amide bonds. The van der Waals surface area contributed by atoms with Gasteiger partial charge in [-0.25, -0.2) is 4.79 Å². The highest BCUT2D eigenvalue weighted by atomic mass is 16.2. The van der Waals surface area contributed by atoms with Gasteiger partial charge in [0.1, 0.15) is 0 Å². The molecule has 134 valence electrons. The van der Waals surface area contributed by atoms with Crippen LogP contribution in [0.25, 0.3) is 0 Å². The maximum atomic E-state index is 12.5. The molecule has 0 aromatic heterocycles. The molecule has 1 aliphatic heterocycles. The van der Waals surface area contributed by atoms with Crippen molar-refractivity contribution in [1.82, 2.24) is 10.2 Å². The van der Waals surface area contributed by atoms with Gasteiger partial charge in [-0.3, -0.25) is 14.5 Å². The van der Waals surface area contributed by atoms with Gasteiger partial charge in [-0.1, -0.05) is 44.2 Å². The Balaban J connectivity index is 1.66. The van der Waals surface area contributed by atoms with Crippen molar-refractivity contribution in [3.8, 4) is 0 Å². The number of rotatable bonds is 5. The molecule has 26 heavy (non-hydrogen) atoms. The lowest BCUT2D eigenvalue weighted by atomic mass is 10.1. The minimum Gasteiger partial charge on any atom is -0.334 e. The van der Waals surface area contributed by atoms with Crippen molar-refractivity contribution in [2.24, 2.45) is 5.92 Å². The van der Waals surface area contributed by atoms with Crippen LogP contribution in [-0.4, -0.2) is 29.3 Å². The van der Waals surface area contributed by atoms with Crippen LogP contribution in [0.1, 0.15) is 40.1 Å². The second-order valence-electron chi connectivity index (χ2n) is 6.67. The summed E-state index contributed by atoms with van der Waals surface area (Å²) in [4.78, 5) is 38.1. The Morgan fingerprint density at radius 3 is 2.38 bits per heavy atom. The van der Waals surface area contributed by atoms with Crippen LogP contribution < -0.4 is 10.6 Å². The fourth-order valence-electron chi connectivity index (χ4n) is 2.85. The molecule has 0 radical (unpaired) electrons. The molecule has 3 rings (SSSR count). The molecule has 6 heteroatoms. The molecule has 0 fully saturated rings. The lowest BCUT2D eigenvalue weighted by Gasteiger charge is -2.15. The van der Waals surface area contributed by atoms with E-state index in [4.69, 9.17) is 0 Å². The number of nitrogens with one attached hydrogen (secondary N) is 2. The van der Waals surface area contributed by atoms with Crippen molar-refractivity contribution in [1.29, 1.82) is 0 Å². The van der Waals surface area contributed by atoms with Gasteiger partial charge >= 0.3 is 6.03 Å². The van der Waals surface area contributed by atoms with E-state index in [1.807, 2.05) is 44.2 Å². The van der Waals surface area contributed by atoms with Crippen LogP contribution in [0.3, 0.4) is 0 Å². The van der Waals surface area contributed by atoms with E-state index >= 15 is 0 Å². The standard InChI is InChI=1S/C20H21N3O3/c1-13(2)12-23-18(24)16-9-8-15(10-17(16)19(23)25)22-20(26)21-11-14-6-4-3-5-7-14/h3-10,13H,11-12H2,1-2H3,(H2,21,22,26). The molecule has 2 aromatic rings. The molecule has 2 aromatic carbocycles. The Bertz CT molecular complexity index is 847. The van der Waals surface area contributed by atoms with Crippen molar-refractivity contribution >= 4 is 23.5 Å². The van der Waals surface area contributed by atoms with E-state index in [0.29, 0.717) is 29.9 Å². The lowest BCUT2D eigenvalue weighted by Crippen LogP contribution is -2.33. The van der Waals surface area contributed by atoms with Gasteiger partial charge in [0, 0.05) is 18.8 Å². The average Bonchev–Trinajstić information content (AvgIpc) is 2.85. The number of hydrogen-bond donors (Lipinski definition) is 2. The van der Waals surface area contributed by atoms with Gasteiger partial charge in [-0.15, -0.1) is 0 Å². The van der Waals surface area contributed by atoms with Crippen LogP contribution in [0.4, 0.5) is 10.5 Å². The Hall–Kier alpha value is -3.15. The zero-order valence-corrected chi connectivity index (χ0v) is 14.8. The monoisotopic (exact) mass is 351 g/mol. The molecule has 0 spiro atoms. The fourth-order valence-corrected chi connectivity index (χ4v) is 2.85. The first kappa shape index (κ1) is 17.7. The maximum Gasteiger partial charge on any atom is 0.319 e. The summed E-state index contributed by atoms with van der Waals surface area (Å²) < 4.78 is 0. The molecule has 0 bridgehead atoms. The van der Waals surface area contributed by atoms with Crippen LogP contribution in [0.2, 0.25) is 0 Å². The summed E-state index contributed by atoms with van der Waals surface area (Å²) in [6.45, 7) is 4.69. The quantitative estimate of drug-likeness (QED) is 0.812. The number of amides is 4. The second-order valence-corrected chi connectivity index (χ2v) is 6.67. The number of benzene rings is 2. The molecule has 0 unspecified atom stereocenters. The van der Waals surface area contributed by atoms with Crippen LogP contribution >= 0.6 is 0 Å². The van der Waals surface area contributed by atoms with E-state index in [-0.39, 0.29) is 23.8 Å². The molecule has 2 N–H and O–H groups in total. The fraction of sp³-hybridized carbons (Fsp3) is 0.250. The van der Waals surface area contributed by atoms with Gasteiger partial charge in [-0.2, -0.15) is 0 Å². The molecule has 0 atom stereocenters. The first-order valence-electron chi connectivity index (χ1n) is 8.54. The highest BCUT2D eigenvalue weighted by Gasteiger charge is 2.35. The third-order valence-electron chi connectivity index (χ3n) is 4.07. The van der Waals surface area contributed by atoms with E-state index in [2.05, 4.69) is 10.6 Å². The topological polar surface area (TPSA) is 78.5 Å². The molecule has 1 heterocycles. The van der Waals surface area contributed by atoms with Crippen LogP contribution in [0, 0.1) is 5.92 Å². The highest BCUT2D eigenvalue weighted by molar-refractivity contribution is 6.21. The van der Waals surface area contributed by atoms with Crippen molar-refractivity contribution in [3.05, 3.63) is 65.2 Å². The Labute approximate surface area is 152 Å². The second kappa shape index (κ2) is 7.39.